The summed E-state index contributed by atoms with van der Waals surface area (Å²) in [6, 6.07) is 0. The Labute approximate surface area is 111 Å². The van der Waals surface area contributed by atoms with Crippen LogP contribution >= 0.6 is 11.8 Å². The zero-order chi connectivity index (χ0) is 13.8. The van der Waals surface area contributed by atoms with E-state index in [9.17, 15) is 9.59 Å². The first-order valence-electron chi connectivity index (χ1n) is 5.96. The molecule has 2 unspecified atom stereocenters. The summed E-state index contributed by atoms with van der Waals surface area (Å²) in [7, 11) is 0. The van der Waals surface area contributed by atoms with E-state index in [2.05, 4.69) is 0 Å². The number of carbonyl (C=O) groups excluding carboxylic acids is 1. The molecule has 0 saturated carbocycles. The molecule has 0 spiro atoms. The van der Waals surface area contributed by atoms with Gasteiger partial charge in [-0.05, 0) is 33.6 Å². The van der Waals surface area contributed by atoms with Gasteiger partial charge < -0.3 is 14.6 Å². The summed E-state index contributed by atoms with van der Waals surface area (Å²) in [6.45, 7) is 5.48. The van der Waals surface area contributed by atoms with Crippen LogP contribution in [0.25, 0.3) is 0 Å². The normalized spacial score (nSPS) is 23.9. The maximum Gasteiger partial charge on any atom is 0.332 e. The molecule has 0 radical (unpaired) electrons. The SMILES string of the molecule is CC(C)(C)OC(=O)CSCC1CCC(C(=O)O)O1. The molecule has 0 bridgehead atoms. The van der Waals surface area contributed by atoms with Crippen LogP contribution in [-0.4, -0.2) is 46.4 Å². The zero-order valence-corrected chi connectivity index (χ0v) is 11.8. The van der Waals surface area contributed by atoms with Gasteiger partial charge in [0.05, 0.1) is 11.9 Å². The lowest BCUT2D eigenvalue weighted by molar-refractivity contribution is -0.151. The van der Waals surface area contributed by atoms with Crippen molar-refractivity contribution in [3.05, 3.63) is 0 Å². The summed E-state index contributed by atoms with van der Waals surface area (Å²) in [5.41, 5.74) is -0.462. The third-order valence-corrected chi connectivity index (χ3v) is 3.37. The van der Waals surface area contributed by atoms with Gasteiger partial charge in [0.1, 0.15) is 5.60 Å². The topological polar surface area (TPSA) is 72.8 Å². The first-order valence-corrected chi connectivity index (χ1v) is 7.11. The lowest BCUT2D eigenvalue weighted by Crippen LogP contribution is -2.25. The Bertz CT molecular complexity index is 310. The number of thioether (sulfide) groups is 1. The molecule has 1 rings (SSSR count). The molecule has 0 aliphatic carbocycles. The molecular formula is C12H20O5S. The second-order valence-electron chi connectivity index (χ2n) is 5.26. The van der Waals surface area contributed by atoms with Gasteiger partial charge in [0, 0.05) is 5.75 Å². The summed E-state index contributed by atoms with van der Waals surface area (Å²) < 4.78 is 10.5. The first-order chi connectivity index (χ1) is 8.28. The van der Waals surface area contributed by atoms with Crippen molar-refractivity contribution in [2.45, 2.75) is 51.4 Å². The molecule has 104 valence electrons. The number of carboxylic acid groups (broad SMARTS) is 1. The van der Waals surface area contributed by atoms with Crippen LogP contribution in [0.1, 0.15) is 33.6 Å². The zero-order valence-electron chi connectivity index (χ0n) is 11.0. The molecule has 0 aromatic carbocycles. The summed E-state index contributed by atoms with van der Waals surface area (Å²) >= 11 is 1.42. The van der Waals surface area contributed by atoms with Crippen molar-refractivity contribution in [1.29, 1.82) is 0 Å². The number of carboxylic acids is 1. The van der Waals surface area contributed by atoms with Gasteiger partial charge in [-0.15, -0.1) is 11.8 Å². The minimum Gasteiger partial charge on any atom is -0.479 e. The van der Waals surface area contributed by atoms with Gasteiger partial charge in [0.25, 0.3) is 0 Å². The van der Waals surface area contributed by atoms with Crippen LogP contribution in [-0.2, 0) is 19.1 Å². The van der Waals surface area contributed by atoms with Crippen molar-refractivity contribution in [3.63, 3.8) is 0 Å². The van der Waals surface area contributed by atoms with Crippen molar-refractivity contribution >= 4 is 23.7 Å². The molecule has 1 aliphatic heterocycles. The van der Waals surface area contributed by atoms with Crippen LogP contribution in [0.4, 0.5) is 0 Å². The predicted octanol–water partition coefficient (Wildman–Crippen LogP) is 1.69. The molecule has 1 aliphatic rings. The van der Waals surface area contributed by atoms with Crippen LogP contribution in [0.15, 0.2) is 0 Å². The maximum absolute atomic E-state index is 11.4. The third kappa shape index (κ3) is 5.73. The van der Waals surface area contributed by atoms with Gasteiger partial charge in [0.2, 0.25) is 0 Å². The molecule has 0 aromatic rings. The van der Waals surface area contributed by atoms with E-state index in [0.717, 1.165) is 6.42 Å². The average Bonchev–Trinajstić information content (AvgIpc) is 2.63. The highest BCUT2D eigenvalue weighted by molar-refractivity contribution is 7.99. The van der Waals surface area contributed by atoms with Crippen molar-refractivity contribution in [2.24, 2.45) is 0 Å². The average molecular weight is 276 g/mol. The Balaban J connectivity index is 2.16. The van der Waals surface area contributed by atoms with E-state index in [-0.39, 0.29) is 17.8 Å². The summed E-state index contributed by atoms with van der Waals surface area (Å²) in [6.07, 6.45) is 0.529. The molecule has 5 nitrogen and oxygen atoms in total. The number of rotatable bonds is 5. The number of hydrogen-bond donors (Lipinski definition) is 1. The quantitative estimate of drug-likeness (QED) is 0.770. The minimum absolute atomic E-state index is 0.0708. The largest absolute Gasteiger partial charge is 0.479 e. The fourth-order valence-corrected chi connectivity index (χ4v) is 2.51. The van der Waals surface area contributed by atoms with Gasteiger partial charge in [0.15, 0.2) is 6.10 Å². The van der Waals surface area contributed by atoms with E-state index < -0.39 is 17.7 Å². The van der Waals surface area contributed by atoms with Gasteiger partial charge in [-0.1, -0.05) is 0 Å². The fraction of sp³-hybridized carbons (Fsp3) is 0.833. The van der Waals surface area contributed by atoms with E-state index >= 15 is 0 Å². The Morgan fingerprint density at radius 3 is 2.56 bits per heavy atom. The highest BCUT2D eigenvalue weighted by Crippen LogP contribution is 2.23. The van der Waals surface area contributed by atoms with E-state index in [1.54, 1.807) is 0 Å². The lowest BCUT2D eigenvalue weighted by atomic mass is 10.2. The monoisotopic (exact) mass is 276 g/mol. The highest BCUT2D eigenvalue weighted by atomic mass is 32.2. The molecule has 1 N–H and O–H groups in total. The van der Waals surface area contributed by atoms with E-state index in [1.807, 2.05) is 20.8 Å². The van der Waals surface area contributed by atoms with Crippen molar-refractivity contribution in [3.8, 4) is 0 Å². The Morgan fingerprint density at radius 1 is 1.39 bits per heavy atom. The highest BCUT2D eigenvalue weighted by Gasteiger charge is 2.30. The Morgan fingerprint density at radius 2 is 2.06 bits per heavy atom. The van der Waals surface area contributed by atoms with Crippen molar-refractivity contribution in [1.82, 2.24) is 0 Å². The molecule has 1 fully saturated rings. The summed E-state index contributed by atoms with van der Waals surface area (Å²) in [4.78, 5) is 22.1. The second kappa shape index (κ2) is 6.43. The maximum atomic E-state index is 11.4. The van der Waals surface area contributed by atoms with Gasteiger partial charge in [-0.3, -0.25) is 4.79 Å². The van der Waals surface area contributed by atoms with Crippen LogP contribution in [0.5, 0.6) is 0 Å². The van der Waals surface area contributed by atoms with Crippen LogP contribution in [0.3, 0.4) is 0 Å². The summed E-state index contributed by atoms with van der Waals surface area (Å²) in [5.74, 6) is -0.257. The molecule has 2 atom stereocenters. The summed E-state index contributed by atoms with van der Waals surface area (Å²) in [5, 5.41) is 8.77. The Kier molecular flexibility index (Phi) is 5.47. The van der Waals surface area contributed by atoms with Gasteiger partial charge >= 0.3 is 11.9 Å². The molecule has 18 heavy (non-hydrogen) atoms. The predicted molar refractivity (Wildman–Crippen MR) is 68.7 cm³/mol. The molecule has 1 heterocycles. The van der Waals surface area contributed by atoms with Crippen LogP contribution < -0.4 is 0 Å². The van der Waals surface area contributed by atoms with Crippen molar-refractivity contribution in [2.75, 3.05) is 11.5 Å². The number of ether oxygens (including phenoxy) is 2. The standard InChI is InChI=1S/C12H20O5S/c1-12(2,3)17-10(13)7-18-6-8-4-5-9(16-8)11(14)15/h8-9H,4-7H2,1-3H3,(H,14,15). The third-order valence-electron chi connectivity index (χ3n) is 2.33. The smallest absolute Gasteiger partial charge is 0.332 e. The number of aliphatic carboxylic acids is 1. The molecule has 6 heteroatoms. The lowest BCUT2D eigenvalue weighted by Gasteiger charge is -2.19. The fourth-order valence-electron chi connectivity index (χ4n) is 1.65. The number of carbonyl (C=O) groups is 2. The second-order valence-corrected chi connectivity index (χ2v) is 6.29. The van der Waals surface area contributed by atoms with Crippen molar-refractivity contribution < 1.29 is 24.2 Å². The molecule has 0 amide bonds. The number of esters is 1. The van der Waals surface area contributed by atoms with Gasteiger partial charge in [-0.25, -0.2) is 4.79 Å². The molecular weight excluding hydrogens is 256 g/mol. The number of hydrogen-bond acceptors (Lipinski definition) is 5. The van der Waals surface area contributed by atoms with Gasteiger partial charge in [-0.2, -0.15) is 0 Å². The molecule has 1 saturated heterocycles. The van der Waals surface area contributed by atoms with E-state index in [0.29, 0.717) is 12.2 Å². The minimum atomic E-state index is -0.908. The van der Waals surface area contributed by atoms with Crippen LogP contribution in [0, 0.1) is 0 Å². The first kappa shape index (κ1) is 15.3. The van der Waals surface area contributed by atoms with Crippen LogP contribution in [0.2, 0.25) is 0 Å². The molecule has 0 aromatic heterocycles. The Hall–Kier alpha value is -0.750. The van der Waals surface area contributed by atoms with E-state index in [4.69, 9.17) is 14.6 Å². The van der Waals surface area contributed by atoms with E-state index in [1.165, 1.54) is 11.8 Å².